The maximum absolute atomic E-state index is 12.7. The van der Waals surface area contributed by atoms with Crippen LogP contribution in [0.2, 0.25) is 0 Å². The number of rotatable bonds is 7. The molecule has 0 saturated heterocycles. The van der Waals surface area contributed by atoms with Crippen LogP contribution in [0, 0.1) is 0 Å². The van der Waals surface area contributed by atoms with Gasteiger partial charge in [-0.1, -0.05) is 13.0 Å². The summed E-state index contributed by atoms with van der Waals surface area (Å²) >= 11 is 0. The number of esters is 1. The Labute approximate surface area is 126 Å². The van der Waals surface area contributed by atoms with Crippen LogP contribution < -0.4 is 0 Å². The number of amides is 1. The smallest absolute Gasteiger partial charge is 0.319 e. The van der Waals surface area contributed by atoms with Crippen molar-refractivity contribution in [3.05, 3.63) is 11.8 Å². The fourth-order valence-electron chi connectivity index (χ4n) is 2.77. The van der Waals surface area contributed by atoms with Crippen molar-refractivity contribution in [2.45, 2.75) is 51.5 Å². The summed E-state index contributed by atoms with van der Waals surface area (Å²) in [6.07, 6.45) is 8.90. The van der Waals surface area contributed by atoms with Gasteiger partial charge in [0.25, 0.3) is 0 Å². The van der Waals surface area contributed by atoms with Crippen molar-refractivity contribution in [3.8, 4) is 0 Å². The molecule has 0 atom stereocenters. The lowest BCUT2D eigenvalue weighted by molar-refractivity contribution is -0.142. The minimum Gasteiger partial charge on any atom is -0.468 e. The topological polar surface area (TPSA) is 49.9 Å². The lowest BCUT2D eigenvalue weighted by Gasteiger charge is -2.30. The van der Waals surface area contributed by atoms with Crippen LogP contribution in [0.5, 0.6) is 0 Å². The second kappa shape index (κ2) is 7.59. The number of carbonyl (C=O) groups excluding carboxylic acids is 2. The molecule has 0 unspecified atom stereocenters. The molecule has 0 spiro atoms. The van der Waals surface area contributed by atoms with Crippen LogP contribution in [0.25, 0.3) is 0 Å². The fourth-order valence-corrected chi connectivity index (χ4v) is 2.77. The van der Waals surface area contributed by atoms with Crippen LogP contribution in [0.3, 0.4) is 0 Å². The number of methoxy groups -OCH3 is 1. The number of hydrogen-bond acceptors (Lipinski definition) is 4. The second-order valence-electron chi connectivity index (χ2n) is 5.82. The maximum Gasteiger partial charge on any atom is 0.319 e. The minimum atomic E-state index is -0.292. The van der Waals surface area contributed by atoms with Gasteiger partial charge in [-0.05, 0) is 45.1 Å². The van der Waals surface area contributed by atoms with E-state index in [4.69, 9.17) is 0 Å². The number of likely N-dealkylation sites (N-methyl/N-ethyl adjacent to an activating group) is 1. The van der Waals surface area contributed by atoms with Crippen LogP contribution in [-0.2, 0) is 14.3 Å². The van der Waals surface area contributed by atoms with E-state index in [1.165, 1.54) is 25.6 Å². The van der Waals surface area contributed by atoms with Crippen LogP contribution >= 0.6 is 0 Å². The first-order valence-electron chi connectivity index (χ1n) is 7.96. The Morgan fingerprint density at radius 2 is 2.05 bits per heavy atom. The maximum atomic E-state index is 12.7. The Bertz CT molecular complexity index is 416. The van der Waals surface area contributed by atoms with E-state index < -0.39 is 0 Å². The van der Waals surface area contributed by atoms with Crippen molar-refractivity contribution in [3.63, 3.8) is 0 Å². The molecule has 0 aromatic carbocycles. The van der Waals surface area contributed by atoms with Gasteiger partial charge in [0.1, 0.15) is 0 Å². The van der Waals surface area contributed by atoms with Crippen molar-refractivity contribution in [2.24, 2.45) is 0 Å². The Balaban J connectivity index is 1.97. The van der Waals surface area contributed by atoms with Gasteiger partial charge in [-0.3, -0.25) is 14.5 Å². The largest absolute Gasteiger partial charge is 0.468 e. The second-order valence-corrected chi connectivity index (χ2v) is 5.82. The first-order valence-corrected chi connectivity index (χ1v) is 7.96. The van der Waals surface area contributed by atoms with Crippen molar-refractivity contribution >= 4 is 11.9 Å². The van der Waals surface area contributed by atoms with E-state index in [0.717, 1.165) is 25.7 Å². The molecule has 1 fully saturated rings. The van der Waals surface area contributed by atoms with Crippen molar-refractivity contribution in [1.29, 1.82) is 0 Å². The average molecular weight is 294 g/mol. The number of hydrogen-bond donors (Lipinski definition) is 0. The lowest BCUT2D eigenvalue weighted by Crippen LogP contribution is -2.43. The summed E-state index contributed by atoms with van der Waals surface area (Å²) in [4.78, 5) is 27.9. The summed E-state index contributed by atoms with van der Waals surface area (Å²) in [7, 11) is 1.38. The molecular formula is C16H26N2O3. The third-order valence-corrected chi connectivity index (χ3v) is 4.14. The van der Waals surface area contributed by atoms with Crippen LogP contribution in [-0.4, -0.2) is 54.5 Å². The molecule has 0 aromatic rings. The van der Waals surface area contributed by atoms with Crippen LogP contribution in [0.4, 0.5) is 0 Å². The molecule has 0 heterocycles. The molecule has 1 amide bonds. The third-order valence-electron chi connectivity index (χ3n) is 4.14. The molecule has 0 bridgehead atoms. The molecule has 2 aliphatic carbocycles. The molecule has 0 radical (unpaired) electrons. The van der Waals surface area contributed by atoms with Gasteiger partial charge in [0.05, 0.1) is 20.2 Å². The van der Waals surface area contributed by atoms with Gasteiger partial charge in [0.15, 0.2) is 0 Å². The molecule has 2 rings (SSSR count). The third kappa shape index (κ3) is 4.56. The summed E-state index contributed by atoms with van der Waals surface area (Å²) in [5.74, 6) is -0.170. The highest BCUT2D eigenvalue weighted by atomic mass is 16.5. The van der Waals surface area contributed by atoms with Gasteiger partial charge in [-0.2, -0.15) is 0 Å². The number of nitrogens with zero attached hydrogens (tertiary/aromatic N) is 2. The minimum absolute atomic E-state index is 0.122. The summed E-state index contributed by atoms with van der Waals surface area (Å²) in [5, 5.41) is 0. The molecule has 2 aliphatic rings. The predicted octanol–water partition coefficient (Wildman–Crippen LogP) is 1.93. The van der Waals surface area contributed by atoms with Gasteiger partial charge in [-0.15, -0.1) is 0 Å². The van der Waals surface area contributed by atoms with E-state index >= 15 is 0 Å². The van der Waals surface area contributed by atoms with E-state index in [2.05, 4.69) is 10.8 Å². The zero-order valence-corrected chi connectivity index (χ0v) is 13.1. The van der Waals surface area contributed by atoms with E-state index in [9.17, 15) is 9.59 Å². The van der Waals surface area contributed by atoms with Gasteiger partial charge in [0.2, 0.25) is 5.91 Å². The normalized spacial score (nSPS) is 18.3. The van der Waals surface area contributed by atoms with E-state index in [1.54, 1.807) is 0 Å². The first kappa shape index (κ1) is 16.0. The standard InChI is InChI=1S/C16H26N2O3/c1-3-17(12-16(20)21-2)11-15(19)18(14-9-10-14)13-7-5-4-6-8-13/h7,14H,3-6,8-12H2,1-2H3. The van der Waals surface area contributed by atoms with Crippen molar-refractivity contribution in [1.82, 2.24) is 9.80 Å². The SMILES string of the molecule is CCN(CC(=O)OC)CC(=O)N(C1=CCCCC1)C1CC1. The molecule has 0 aliphatic heterocycles. The van der Waals surface area contributed by atoms with Gasteiger partial charge in [-0.25, -0.2) is 0 Å². The molecule has 118 valence electrons. The zero-order valence-electron chi connectivity index (χ0n) is 13.1. The van der Waals surface area contributed by atoms with Crippen molar-refractivity contribution < 1.29 is 14.3 Å². The number of carbonyl (C=O) groups is 2. The Morgan fingerprint density at radius 1 is 1.29 bits per heavy atom. The van der Waals surface area contributed by atoms with Crippen LogP contribution in [0.15, 0.2) is 11.8 Å². The highest BCUT2D eigenvalue weighted by Crippen LogP contribution is 2.33. The highest BCUT2D eigenvalue weighted by molar-refractivity contribution is 5.81. The van der Waals surface area contributed by atoms with Gasteiger partial charge >= 0.3 is 5.97 Å². The number of allylic oxidation sites excluding steroid dienone is 2. The summed E-state index contributed by atoms with van der Waals surface area (Å²) in [6.45, 7) is 3.09. The van der Waals surface area contributed by atoms with E-state index in [1.807, 2.05) is 16.7 Å². The first-order chi connectivity index (χ1) is 10.2. The van der Waals surface area contributed by atoms with Gasteiger partial charge in [0, 0.05) is 11.7 Å². The van der Waals surface area contributed by atoms with Crippen LogP contribution in [0.1, 0.15) is 45.4 Å². The molecule has 5 heteroatoms. The fraction of sp³-hybridized carbons (Fsp3) is 0.750. The molecular weight excluding hydrogens is 268 g/mol. The number of ether oxygens (including phenoxy) is 1. The van der Waals surface area contributed by atoms with Gasteiger partial charge < -0.3 is 9.64 Å². The summed E-state index contributed by atoms with van der Waals surface area (Å²) in [5.41, 5.74) is 1.20. The Kier molecular flexibility index (Phi) is 5.79. The predicted molar refractivity (Wildman–Crippen MR) is 80.5 cm³/mol. The summed E-state index contributed by atoms with van der Waals surface area (Å²) < 4.78 is 4.68. The lowest BCUT2D eigenvalue weighted by atomic mass is 10.0. The summed E-state index contributed by atoms with van der Waals surface area (Å²) in [6, 6.07) is 0.388. The monoisotopic (exact) mass is 294 g/mol. The van der Waals surface area contributed by atoms with E-state index in [-0.39, 0.29) is 18.4 Å². The molecule has 21 heavy (non-hydrogen) atoms. The zero-order chi connectivity index (χ0) is 15.2. The van der Waals surface area contributed by atoms with E-state index in [0.29, 0.717) is 19.1 Å². The molecule has 0 N–H and O–H groups in total. The highest BCUT2D eigenvalue weighted by Gasteiger charge is 2.35. The quantitative estimate of drug-likeness (QED) is 0.673. The molecule has 1 saturated carbocycles. The molecule has 0 aromatic heterocycles. The van der Waals surface area contributed by atoms with Crippen molar-refractivity contribution in [2.75, 3.05) is 26.7 Å². The molecule has 5 nitrogen and oxygen atoms in total. The Hall–Kier alpha value is -1.36. The average Bonchev–Trinajstić information content (AvgIpc) is 3.32. The Morgan fingerprint density at radius 3 is 2.57 bits per heavy atom.